The SMILES string of the molecule is CC(C)Cc1cc(-c2[c-]cccc2)nc[c]1[Ge]([CH3])([CH3])[CH3].[Ir].[c-]1ccc2c(oc3ncccc32)c1-c1nc2ccccc2n1Cc1ccccc1. The molecule has 0 amide bonds. The van der Waals surface area contributed by atoms with Gasteiger partial charge in [-0.1, -0.05) is 53.4 Å². The second-order valence-corrected chi connectivity index (χ2v) is 24.5. The van der Waals surface area contributed by atoms with Crippen molar-refractivity contribution in [1.82, 2.24) is 19.5 Å². The molecule has 0 unspecified atom stereocenters. The van der Waals surface area contributed by atoms with Crippen LogP contribution < -0.4 is 4.40 Å². The standard InChI is InChI=1S/C25H16N3O.C18H24GeN.Ir/c1-2-8-17(9-3-1)16-28-22-14-5-4-13-21(22)27-24(28)20-11-6-10-18-19-12-7-15-26-25(19)29-23(18)20;1-14(2)11-16-12-18(15-9-7-6-8-10-15)20-13-17(16)19(3,4)5;/h1-10,12-15H,16H2;6-9,12-14H,11H2,1-5H3;/q2*-1;. The van der Waals surface area contributed by atoms with Crippen LogP contribution >= 0.6 is 0 Å². The second kappa shape index (κ2) is 15.3. The van der Waals surface area contributed by atoms with Gasteiger partial charge in [0.05, 0.1) is 22.4 Å². The minimum absolute atomic E-state index is 0. The zero-order valence-electron chi connectivity index (χ0n) is 29.1. The van der Waals surface area contributed by atoms with E-state index in [9.17, 15) is 0 Å². The summed E-state index contributed by atoms with van der Waals surface area (Å²) in [5.41, 5.74) is 9.16. The Labute approximate surface area is 310 Å². The van der Waals surface area contributed by atoms with Gasteiger partial charge >= 0.3 is 126 Å². The number of hydrogen-bond donors (Lipinski definition) is 0. The molecule has 4 aromatic carbocycles. The van der Waals surface area contributed by atoms with Crippen molar-refractivity contribution < 1.29 is 24.5 Å². The molecule has 0 fully saturated rings. The van der Waals surface area contributed by atoms with E-state index in [1.54, 1.807) is 10.6 Å². The average Bonchev–Trinajstić information content (AvgIpc) is 3.67. The van der Waals surface area contributed by atoms with Gasteiger partial charge in [-0.05, 0) is 29.8 Å². The molecule has 7 heteroatoms. The molecule has 1 radical (unpaired) electrons. The Balaban J connectivity index is 0.000000182. The summed E-state index contributed by atoms with van der Waals surface area (Å²) in [5.74, 6) is 8.84. The van der Waals surface area contributed by atoms with Crippen molar-refractivity contribution >= 4 is 50.8 Å². The third-order valence-corrected chi connectivity index (χ3v) is 13.0. The van der Waals surface area contributed by atoms with Crippen LogP contribution in [0.5, 0.6) is 0 Å². The molecule has 0 atom stereocenters. The van der Waals surface area contributed by atoms with Crippen molar-refractivity contribution in [2.24, 2.45) is 5.92 Å². The predicted molar refractivity (Wildman–Crippen MR) is 205 cm³/mol. The quantitative estimate of drug-likeness (QED) is 0.118. The Hall–Kier alpha value is -4.36. The maximum Gasteiger partial charge on any atom is 0.216 e. The van der Waals surface area contributed by atoms with Crippen LogP contribution in [0.1, 0.15) is 25.0 Å². The third kappa shape index (κ3) is 7.53. The van der Waals surface area contributed by atoms with Crippen molar-refractivity contribution in [2.75, 3.05) is 0 Å². The van der Waals surface area contributed by atoms with E-state index in [0.717, 1.165) is 63.0 Å². The minimum atomic E-state index is -1.86. The molecule has 4 aromatic heterocycles. The van der Waals surface area contributed by atoms with Gasteiger partial charge in [0.2, 0.25) is 5.71 Å². The first-order valence-electron chi connectivity index (χ1n) is 16.9. The van der Waals surface area contributed by atoms with Crippen molar-refractivity contribution in [3.8, 4) is 22.6 Å². The fourth-order valence-electron chi connectivity index (χ4n) is 6.42. The number of aromatic nitrogens is 4. The van der Waals surface area contributed by atoms with Gasteiger partial charge in [-0.25, -0.2) is 4.98 Å². The van der Waals surface area contributed by atoms with Gasteiger partial charge in [0, 0.05) is 38.2 Å². The second-order valence-electron chi connectivity index (χ2n) is 13.9. The summed E-state index contributed by atoms with van der Waals surface area (Å²) in [6, 6.07) is 43.6. The molecule has 4 heterocycles. The van der Waals surface area contributed by atoms with Crippen LogP contribution in [0.25, 0.3) is 55.7 Å². The van der Waals surface area contributed by atoms with Crippen molar-refractivity contribution in [3.05, 3.63) is 145 Å². The molecule has 0 spiro atoms. The normalized spacial score (nSPS) is 11.5. The fourth-order valence-corrected chi connectivity index (χ4v) is 9.75. The van der Waals surface area contributed by atoms with Gasteiger partial charge in [-0.2, -0.15) is 0 Å². The predicted octanol–water partition coefficient (Wildman–Crippen LogP) is 10.1. The molecule has 8 rings (SSSR count). The Morgan fingerprint density at radius 2 is 1.58 bits per heavy atom. The maximum atomic E-state index is 6.14. The number of imidazole rings is 1. The fraction of sp³-hybridized carbons (Fsp3) is 0.186. The maximum absolute atomic E-state index is 6.14. The van der Waals surface area contributed by atoms with Gasteiger partial charge in [0.1, 0.15) is 0 Å². The molecular formula is C43H40GeIrN4O-2. The van der Waals surface area contributed by atoms with E-state index < -0.39 is 13.3 Å². The molecule has 8 aromatic rings. The summed E-state index contributed by atoms with van der Waals surface area (Å²) in [4.78, 5) is 14.0. The zero-order chi connectivity index (χ0) is 34.0. The van der Waals surface area contributed by atoms with Crippen molar-refractivity contribution in [2.45, 2.75) is 44.1 Å². The van der Waals surface area contributed by atoms with Gasteiger partial charge in [0.15, 0.2) is 0 Å². The van der Waals surface area contributed by atoms with Crippen LogP contribution in [0.15, 0.2) is 126 Å². The van der Waals surface area contributed by atoms with E-state index in [2.05, 4.69) is 101 Å². The molecule has 0 N–H and O–H groups in total. The molecule has 0 aliphatic heterocycles. The molecule has 0 aliphatic rings. The first-order chi connectivity index (χ1) is 23.8. The van der Waals surface area contributed by atoms with E-state index in [1.807, 2.05) is 66.7 Å². The van der Waals surface area contributed by atoms with E-state index in [4.69, 9.17) is 14.4 Å². The molecular weight excluding hydrogens is 853 g/mol. The number of pyridine rings is 2. The van der Waals surface area contributed by atoms with E-state index in [1.165, 1.54) is 11.1 Å². The molecule has 0 saturated carbocycles. The number of nitrogens with zero attached hydrogens (tertiary/aromatic N) is 4. The third-order valence-electron chi connectivity index (χ3n) is 8.68. The van der Waals surface area contributed by atoms with E-state index in [0.29, 0.717) is 11.6 Å². The van der Waals surface area contributed by atoms with Crippen LogP contribution in [-0.4, -0.2) is 32.8 Å². The van der Waals surface area contributed by atoms with Gasteiger partial charge < -0.3 is 8.98 Å². The summed E-state index contributed by atoms with van der Waals surface area (Å²) in [7, 11) is 0. The summed E-state index contributed by atoms with van der Waals surface area (Å²) in [5, 5.41) is 2.03. The molecule has 0 saturated heterocycles. The first kappa shape index (κ1) is 35.5. The van der Waals surface area contributed by atoms with Gasteiger partial charge in [-0.3, -0.25) is 4.98 Å². The first-order valence-corrected chi connectivity index (χ1v) is 24.2. The van der Waals surface area contributed by atoms with Gasteiger partial charge in [0.25, 0.3) is 0 Å². The minimum Gasteiger partial charge on any atom is -0.486 e. The smallest absolute Gasteiger partial charge is 0.216 e. The Kier molecular flexibility index (Phi) is 10.8. The summed E-state index contributed by atoms with van der Waals surface area (Å²) in [6.45, 7) is 5.29. The number of para-hydroxylation sites is 2. The number of furan rings is 1. The van der Waals surface area contributed by atoms with E-state index in [-0.39, 0.29) is 20.1 Å². The Bertz CT molecular complexity index is 2360. The molecule has 5 nitrogen and oxygen atoms in total. The van der Waals surface area contributed by atoms with Crippen LogP contribution in [0.3, 0.4) is 0 Å². The monoisotopic (exact) mass is 895 g/mol. The summed E-state index contributed by atoms with van der Waals surface area (Å²) < 4.78 is 9.92. The molecule has 50 heavy (non-hydrogen) atoms. The van der Waals surface area contributed by atoms with Crippen LogP contribution in [0, 0.1) is 18.1 Å². The summed E-state index contributed by atoms with van der Waals surface area (Å²) in [6.07, 6.45) is 5.02. The molecule has 0 aliphatic carbocycles. The Morgan fingerprint density at radius 3 is 2.34 bits per heavy atom. The van der Waals surface area contributed by atoms with Crippen molar-refractivity contribution in [1.29, 1.82) is 0 Å². The van der Waals surface area contributed by atoms with Crippen LogP contribution in [-0.2, 0) is 33.1 Å². The molecule has 253 valence electrons. The average molecular weight is 894 g/mol. The largest absolute Gasteiger partial charge is 0.486 e. The summed E-state index contributed by atoms with van der Waals surface area (Å²) >= 11 is -1.86. The topological polar surface area (TPSA) is 56.7 Å². The van der Waals surface area contributed by atoms with Crippen LogP contribution in [0.4, 0.5) is 0 Å². The number of rotatable bonds is 7. The van der Waals surface area contributed by atoms with Gasteiger partial charge in [-0.15, -0.1) is 18.2 Å². The van der Waals surface area contributed by atoms with Crippen molar-refractivity contribution in [3.63, 3.8) is 0 Å². The molecule has 0 bridgehead atoms. The zero-order valence-corrected chi connectivity index (χ0v) is 33.6. The number of fused-ring (bicyclic) bond motifs is 4. The van der Waals surface area contributed by atoms with Crippen LogP contribution in [0.2, 0.25) is 17.3 Å². The number of hydrogen-bond acceptors (Lipinski definition) is 4. The number of benzene rings is 4. The Morgan fingerprint density at radius 1 is 0.800 bits per heavy atom. The van der Waals surface area contributed by atoms with E-state index >= 15 is 0 Å².